The molecule has 1 aliphatic rings. The minimum atomic E-state index is -0.817. The molecule has 1 unspecified atom stereocenters. The number of aryl methyl sites for hydroxylation is 2. The van der Waals surface area contributed by atoms with Gasteiger partial charge in [-0.15, -0.1) is 0 Å². The zero-order chi connectivity index (χ0) is 24.4. The van der Waals surface area contributed by atoms with Gasteiger partial charge < -0.3 is 14.6 Å². The molecule has 34 heavy (non-hydrogen) atoms. The number of methoxy groups -OCH3 is 1. The molecule has 1 aliphatic heterocycles. The number of Topliss-reactive ketones (excluding diaryl/α,β-unsaturated/α-hetero) is 1. The number of ether oxygens (including phenoxy) is 2. The van der Waals surface area contributed by atoms with Crippen LogP contribution in [0.5, 0.6) is 11.5 Å². The van der Waals surface area contributed by atoms with E-state index in [0.717, 1.165) is 11.1 Å². The van der Waals surface area contributed by atoms with Gasteiger partial charge in [-0.2, -0.15) is 0 Å². The maximum atomic E-state index is 13.4. The number of aliphatic hydroxyl groups is 1. The summed E-state index contributed by atoms with van der Waals surface area (Å²) in [6, 6.07) is 19.1. The Balaban J connectivity index is 1.95. The van der Waals surface area contributed by atoms with E-state index in [0.29, 0.717) is 34.9 Å². The van der Waals surface area contributed by atoms with E-state index in [1.807, 2.05) is 57.2 Å². The number of aliphatic hydroxyl groups excluding tert-OH is 1. The summed E-state index contributed by atoms with van der Waals surface area (Å²) in [4.78, 5) is 28.1. The van der Waals surface area contributed by atoms with Gasteiger partial charge in [0.2, 0.25) is 0 Å². The van der Waals surface area contributed by atoms with E-state index in [1.54, 1.807) is 30.3 Å². The van der Waals surface area contributed by atoms with E-state index < -0.39 is 17.7 Å². The van der Waals surface area contributed by atoms with Gasteiger partial charge in [-0.05, 0) is 68.3 Å². The third kappa shape index (κ3) is 4.15. The Hall–Kier alpha value is -4.06. The van der Waals surface area contributed by atoms with Gasteiger partial charge >= 0.3 is 0 Å². The molecule has 1 heterocycles. The number of nitrogens with zero attached hydrogens (tertiary/aromatic N) is 1. The fourth-order valence-electron chi connectivity index (χ4n) is 4.26. The predicted octanol–water partition coefficient (Wildman–Crippen LogP) is 5.34. The highest BCUT2D eigenvalue weighted by Gasteiger charge is 2.47. The molecule has 4 rings (SSSR count). The SMILES string of the molecule is CCOc1ccc(C2/C(=C(\O)c3cc(C)ccc3OC)C(=O)C(=O)N2c2cccc(C)c2)cc1. The molecule has 0 spiro atoms. The van der Waals surface area contributed by atoms with Crippen LogP contribution in [-0.4, -0.2) is 30.5 Å². The highest BCUT2D eigenvalue weighted by Crippen LogP contribution is 2.43. The van der Waals surface area contributed by atoms with Crippen molar-refractivity contribution in [2.24, 2.45) is 0 Å². The Kier molecular flexibility index (Phi) is 6.41. The van der Waals surface area contributed by atoms with Crippen molar-refractivity contribution in [3.05, 3.63) is 94.6 Å². The number of carbonyl (C=O) groups is 2. The molecule has 3 aromatic rings. The van der Waals surface area contributed by atoms with Gasteiger partial charge in [0, 0.05) is 5.69 Å². The first-order chi connectivity index (χ1) is 16.3. The molecule has 1 N–H and O–H groups in total. The van der Waals surface area contributed by atoms with E-state index in [9.17, 15) is 14.7 Å². The highest BCUT2D eigenvalue weighted by molar-refractivity contribution is 6.51. The summed E-state index contributed by atoms with van der Waals surface area (Å²) in [5.41, 5.74) is 3.46. The van der Waals surface area contributed by atoms with Crippen LogP contribution in [0.15, 0.2) is 72.3 Å². The summed E-state index contributed by atoms with van der Waals surface area (Å²) in [7, 11) is 1.50. The second-order valence-corrected chi connectivity index (χ2v) is 8.21. The molecule has 1 atom stereocenters. The minimum Gasteiger partial charge on any atom is -0.507 e. The van der Waals surface area contributed by atoms with Gasteiger partial charge in [0.25, 0.3) is 11.7 Å². The summed E-state index contributed by atoms with van der Waals surface area (Å²) in [6.45, 7) is 6.22. The lowest BCUT2D eigenvalue weighted by molar-refractivity contribution is -0.132. The van der Waals surface area contributed by atoms with Gasteiger partial charge in [-0.25, -0.2) is 0 Å². The lowest BCUT2D eigenvalue weighted by Crippen LogP contribution is -2.29. The largest absolute Gasteiger partial charge is 0.507 e. The first-order valence-corrected chi connectivity index (χ1v) is 11.1. The van der Waals surface area contributed by atoms with Gasteiger partial charge in [0.05, 0.1) is 30.9 Å². The lowest BCUT2D eigenvalue weighted by Gasteiger charge is -2.26. The van der Waals surface area contributed by atoms with E-state index in [2.05, 4.69) is 0 Å². The second-order valence-electron chi connectivity index (χ2n) is 8.21. The van der Waals surface area contributed by atoms with Crippen LogP contribution < -0.4 is 14.4 Å². The lowest BCUT2D eigenvalue weighted by atomic mass is 9.94. The van der Waals surface area contributed by atoms with Crippen LogP contribution in [0, 0.1) is 13.8 Å². The summed E-state index contributed by atoms with van der Waals surface area (Å²) >= 11 is 0. The summed E-state index contributed by atoms with van der Waals surface area (Å²) in [6.07, 6.45) is 0. The molecule has 0 radical (unpaired) electrons. The minimum absolute atomic E-state index is 0.0135. The van der Waals surface area contributed by atoms with E-state index in [-0.39, 0.29) is 11.3 Å². The number of carbonyl (C=O) groups excluding carboxylic acids is 2. The Morgan fingerprint density at radius 2 is 1.68 bits per heavy atom. The van der Waals surface area contributed by atoms with Crippen LogP contribution in [-0.2, 0) is 9.59 Å². The Bertz CT molecular complexity index is 1280. The molecular formula is C28H27NO5. The van der Waals surface area contributed by atoms with Gasteiger partial charge in [-0.3, -0.25) is 14.5 Å². The van der Waals surface area contributed by atoms with Crippen LogP contribution in [0.25, 0.3) is 5.76 Å². The van der Waals surface area contributed by atoms with Crippen molar-refractivity contribution in [1.82, 2.24) is 0 Å². The number of benzene rings is 3. The van der Waals surface area contributed by atoms with Crippen molar-refractivity contribution in [2.75, 3.05) is 18.6 Å². The molecule has 1 amide bonds. The zero-order valence-corrected chi connectivity index (χ0v) is 19.7. The molecule has 6 nitrogen and oxygen atoms in total. The fraction of sp³-hybridized carbons (Fsp3) is 0.214. The van der Waals surface area contributed by atoms with Crippen molar-refractivity contribution in [2.45, 2.75) is 26.8 Å². The molecule has 0 saturated carbocycles. The van der Waals surface area contributed by atoms with Crippen LogP contribution >= 0.6 is 0 Å². The Morgan fingerprint density at radius 3 is 2.32 bits per heavy atom. The third-order valence-electron chi connectivity index (χ3n) is 5.84. The van der Waals surface area contributed by atoms with E-state index in [1.165, 1.54) is 12.0 Å². The van der Waals surface area contributed by atoms with Crippen molar-refractivity contribution < 1.29 is 24.2 Å². The van der Waals surface area contributed by atoms with Crippen LogP contribution in [0.3, 0.4) is 0 Å². The molecule has 174 valence electrons. The Labute approximate surface area is 199 Å². The smallest absolute Gasteiger partial charge is 0.300 e. The second kappa shape index (κ2) is 9.43. The quantitative estimate of drug-likeness (QED) is 0.307. The van der Waals surface area contributed by atoms with Crippen LogP contribution in [0.4, 0.5) is 5.69 Å². The number of ketones is 1. The van der Waals surface area contributed by atoms with Crippen molar-refractivity contribution in [1.29, 1.82) is 0 Å². The number of amides is 1. The molecule has 6 heteroatoms. The summed E-state index contributed by atoms with van der Waals surface area (Å²) < 4.78 is 11.0. The normalized spacial score (nSPS) is 17.2. The van der Waals surface area contributed by atoms with Gasteiger partial charge in [0.15, 0.2) is 0 Å². The maximum Gasteiger partial charge on any atom is 0.300 e. The third-order valence-corrected chi connectivity index (χ3v) is 5.84. The molecule has 1 fully saturated rings. The topological polar surface area (TPSA) is 76.1 Å². The molecule has 3 aromatic carbocycles. The summed E-state index contributed by atoms with van der Waals surface area (Å²) in [5, 5.41) is 11.4. The predicted molar refractivity (Wildman–Crippen MR) is 131 cm³/mol. The van der Waals surface area contributed by atoms with E-state index >= 15 is 0 Å². The molecule has 0 aliphatic carbocycles. The zero-order valence-electron chi connectivity index (χ0n) is 19.7. The number of anilines is 1. The first kappa shape index (κ1) is 23.1. The van der Waals surface area contributed by atoms with Crippen molar-refractivity contribution in [3.63, 3.8) is 0 Å². The molecular weight excluding hydrogens is 430 g/mol. The van der Waals surface area contributed by atoms with Crippen molar-refractivity contribution >= 4 is 23.1 Å². The molecule has 0 bridgehead atoms. The average molecular weight is 458 g/mol. The number of rotatable bonds is 6. The fourth-order valence-corrected chi connectivity index (χ4v) is 4.26. The number of hydrogen-bond donors (Lipinski definition) is 1. The van der Waals surface area contributed by atoms with Gasteiger partial charge in [-0.1, -0.05) is 35.9 Å². The molecule has 1 saturated heterocycles. The van der Waals surface area contributed by atoms with Crippen LogP contribution in [0.1, 0.15) is 35.2 Å². The number of hydrogen-bond acceptors (Lipinski definition) is 5. The standard InChI is InChI=1S/C28H27NO5/c1-5-34-21-12-10-19(11-13-21)25-24(26(30)22-16-18(3)9-14-23(22)33-4)27(31)28(32)29(25)20-8-6-7-17(2)15-20/h6-16,25,30H,5H2,1-4H3/b26-24+. The first-order valence-electron chi connectivity index (χ1n) is 11.1. The maximum absolute atomic E-state index is 13.4. The highest BCUT2D eigenvalue weighted by atomic mass is 16.5. The summed E-state index contributed by atoms with van der Waals surface area (Å²) in [5.74, 6) is -0.624. The monoisotopic (exact) mass is 457 g/mol. The van der Waals surface area contributed by atoms with Crippen molar-refractivity contribution in [3.8, 4) is 11.5 Å². The van der Waals surface area contributed by atoms with Crippen LogP contribution in [0.2, 0.25) is 0 Å². The Morgan fingerprint density at radius 1 is 0.971 bits per heavy atom. The average Bonchev–Trinajstić information content (AvgIpc) is 3.09. The van der Waals surface area contributed by atoms with Gasteiger partial charge in [0.1, 0.15) is 17.3 Å². The molecule has 0 aromatic heterocycles. The van der Waals surface area contributed by atoms with E-state index in [4.69, 9.17) is 9.47 Å².